The number of nitrogens with two attached hydrogens (primary N) is 4. The van der Waals surface area contributed by atoms with Crippen LogP contribution in [0.1, 0.15) is 31.2 Å². The zero-order chi connectivity index (χ0) is 31.2. The van der Waals surface area contributed by atoms with Crippen molar-refractivity contribution >= 4 is 58.2 Å². The van der Waals surface area contributed by atoms with Crippen LogP contribution >= 0.6 is 11.8 Å². The Balaban J connectivity index is 2.12. The van der Waals surface area contributed by atoms with E-state index in [2.05, 4.69) is 25.9 Å². The standard InChI is InChI=1S/C26H39N9O6S/c1-42-10-8-18(33-22(37)16(27)6-4-9-31-26(29)30)23(38)34-19(12-21(28)36)24(39)35-20(25(40)41)11-14-13-32-17-7-3-2-5-15(14)17/h2-3,5,7,13,16,18-20,32H,4,6,8-12,27H2,1H3,(H2,28,36)(H,33,37)(H,34,38)(H,35,39)(H,40,41)(H4,29,30,31). The highest BCUT2D eigenvalue weighted by atomic mass is 32.2. The number of aliphatic carboxylic acids is 1. The molecule has 0 aliphatic carbocycles. The van der Waals surface area contributed by atoms with Gasteiger partial charge in [-0.25, -0.2) is 4.79 Å². The summed E-state index contributed by atoms with van der Waals surface area (Å²) in [6, 6.07) is 2.39. The molecule has 0 radical (unpaired) electrons. The number of primary amides is 1. The molecule has 0 aliphatic heterocycles. The molecule has 13 N–H and O–H groups in total. The lowest BCUT2D eigenvalue weighted by Crippen LogP contribution is -2.58. The molecule has 230 valence electrons. The molecule has 1 heterocycles. The van der Waals surface area contributed by atoms with Crippen LogP contribution in [0.2, 0.25) is 0 Å². The number of aromatic nitrogens is 1. The maximum atomic E-state index is 13.2. The van der Waals surface area contributed by atoms with Gasteiger partial charge < -0.3 is 49.0 Å². The number of guanidine groups is 1. The molecule has 42 heavy (non-hydrogen) atoms. The molecule has 1 aromatic carbocycles. The number of nitrogens with zero attached hydrogens (tertiary/aromatic N) is 1. The number of H-pyrrole nitrogens is 1. The van der Waals surface area contributed by atoms with Gasteiger partial charge in [-0.3, -0.25) is 24.2 Å². The monoisotopic (exact) mass is 605 g/mol. The third-order valence-corrected chi connectivity index (χ3v) is 6.94. The second kappa shape index (κ2) is 16.8. The van der Waals surface area contributed by atoms with Crippen molar-refractivity contribution in [1.29, 1.82) is 0 Å². The number of hydrogen-bond acceptors (Lipinski definition) is 8. The summed E-state index contributed by atoms with van der Waals surface area (Å²) in [5.74, 6) is -4.07. The van der Waals surface area contributed by atoms with Gasteiger partial charge in [-0.2, -0.15) is 11.8 Å². The van der Waals surface area contributed by atoms with E-state index in [0.29, 0.717) is 17.7 Å². The Morgan fingerprint density at radius 2 is 1.60 bits per heavy atom. The maximum absolute atomic E-state index is 13.2. The maximum Gasteiger partial charge on any atom is 0.326 e. The van der Waals surface area contributed by atoms with Crippen LogP contribution in [0.4, 0.5) is 0 Å². The first-order chi connectivity index (χ1) is 19.9. The summed E-state index contributed by atoms with van der Waals surface area (Å²) in [5, 5.41) is 18.0. The molecule has 4 atom stereocenters. The van der Waals surface area contributed by atoms with Crippen LogP contribution in [0.5, 0.6) is 0 Å². The van der Waals surface area contributed by atoms with Gasteiger partial charge in [0.15, 0.2) is 5.96 Å². The summed E-state index contributed by atoms with van der Waals surface area (Å²) in [6.45, 7) is 0.279. The number of aromatic amines is 1. The molecule has 15 nitrogen and oxygen atoms in total. The van der Waals surface area contributed by atoms with Gasteiger partial charge in [0.2, 0.25) is 23.6 Å². The van der Waals surface area contributed by atoms with Gasteiger partial charge in [0, 0.05) is 30.1 Å². The predicted octanol–water partition coefficient (Wildman–Crippen LogP) is -1.74. The van der Waals surface area contributed by atoms with Gasteiger partial charge >= 0.3 is 5.97 Å². The highest BCUT2D eigenvalue weighted by molar-refractivity contribution is 7.98. The minimum atomic E-state index is -1.48. The van der Waals surface area contributed by atoms with Gasteiger partial charge in [0.05, 0.1) is 12.5 Å². The fraction of sp³-hybridized carbons (Fsp3) is 0.462. The van der Waals surface area contributed by atoms with Crippen molar-refractivity contribution in [1.82, 2.24) is 20.9 Å². The molecule has 0 spiro atoms. The highest BCUT2D eigenvalue weighted by Gasteiger charge is 2.31. The average molecular weight is 606 g/mol. The number of carboxylic acids is 1. The number of carboxylic acid groups (broad SMARTS) is 1. The van der Waals surface area contributed by atoms with Gasteiger partial charge in [0.25, 0.3) is 0 Å². The van der Waals surface area contributed by atoms with Crippen LogP contribution in [0.25, 0.3) is 10.9 Å². The van der Waals surface area contributed by atoms with Gasteiger partial charge in [-0.15, -0.1) is 0 Å². The summed E-state index contributed by atoms with van der Waals surface area (Å²) in [4.78, 5) is 69.7. The van der Waals surface area contributed by atoms with E-state index in [1.807, 2.05) is 24.5 Å². The minimum Gasteiger partial charge on any atom is -0.480 e. The Bertz CT molecular complexity index is 1280. The minimum absolute atomic E-state index is 0.0597. The third kappa shape index (κ3) is 10.9. The Morgan fingerprint density at radius 3 is 2.24 bits per heavy atom. The van der Waals surface area contributed by atoms with Crippen LogP contribution < -0.4 is 38.9 Å². The number of fused-ring (bicyclic) bond motifs is 1. The van der Waals surface area contributed by atoms with Gasteiger partial charge in [0.1, 0.15) is 18.1 Å². The zero-order valence-electron chi connectivity index (χ0n) is 23.3. The number of benzene rings is 1. The van der Waals surface area contributed by atoms with Crippen molar-refractivity contribution in [2.24, 2.45) is 27.9 Å². The van der Waals surface area contributed by atoms with Crippen LogP contribution in [-0.2, 0) is 30.4 Å². The van der Waals surface area contributed by atoms with E-state index in [-0.39, 0.29) is 31.8 Å². The second-order valence-corrected chi connectivity index (χ2v) is 10.6. The molecule has 0 saturated carbocycles. The van der Waals surface area contributed by atoms with Gasteiger partial charge in [-0.05, 0) is 42.9 Å². The van der Waals surface area contributed by atoms with E-state index in [1.54, 1.807) is 12.3 Å². The number of carbonyl (C=O) groups is 5. The Kier molecular flexibility index (Phi) is 13.6. The fourth-order valence-corrected chi connectivity index (χ4v) is 4.58. The Hall–Kier alpha value is -4.31. The van der Waals surface area contributed by atoms with E-state index in [9.17, 15) is 29.1 Å². The predicted molar refractivity (Wildman–Crippen MR) is 160 cm³/mol. The van der Waals surface area contributed by atoms with Crippen molar-refractivity contribution in [2.45, 2.75) is 56.3 Å². The Morgan fingerprint density at radius 1 is 0.952 bits per heavy atom. The molecule has 2 aromatic rings. The molecule has 4 unspecified atom stereocenters. The first kappa shape index (κ1) is 33.9. The van der Waals surface area contributed by atoms with Crippen LogP contribution in [0.3, 0.4) is 0 Å². The van der Waals surface area contributed by atoms with Crippen molar-refractivity contribution in [3.8, 4) is 0 Å². The molecule has 16 heteroatoms. The molecule has 0 saturated heterocycles. The number of para-hydroxylation sites is 1. The normalized spacial score (nSPS) is 13.8. The van der Waals surface area contributed by atoms with Crippen molar-refractivity contribution < 1.29 is 29.1 Å². The van der Waals surface area contributed by atoms with Crippen LogP contribution in [-0.4, -0.2) is 88.4 Å². The Labute approximate surface area is 247 Å². The van der Waals surface area contributed by atoms with E-state index < -0.39 is 60.2 Å². The van der Waals surface area contributed by atoms with Crippen molar-refractivity contribution in [3.63, 3.8) is 0 Å². The summed E-state index contributed by atoms with van der Waals surface area (Å²) < 4.78 is 0. The van der Waals surface area contributed by atoms with Gasteiger partial charge in [-0.1, -0.05) is 18.2 Å². The molecule has 4 amide bonds. The SMILES string of the molecule is CSCCC(NC(=O)C(N)CCCN=C(N)N)C(=O)NC(CC(N)=O)C(=O)NC(Cc1c[nH]c2ccccc12)C(=O)O. The van der Waals surface area contributed by atoms with Crippen LogP contribution in [0.15, 0.2) is 35.5 Å². The quantitative estimate of drug-likeness (QED) is 0.0525. The lowest BCUT2D eigenvalue weighted by molar-refractivity contribution is -0.142. The average Bonchev–Trinajstić information content (AvgIpc) is 3.34. The molecule has 2 rings (SSSR count). The number of aliphatic imine (C=N–C) groups is 1. The summed E-state index contributed by atoms with van der Waals surface area (Å²) >= 11 is 1.43. The smallest absolute Gasteiger partial charge is 0.326 e. The van der Waals surface area contributed by atoms with Crippen LogP contribution in [0, 0.1) is 0 Å². The number of thioether (sulfide) groups is 1. The summed E-state index contributed by atoms with van der Waals surface area (Å²) in [6.07, 6.45) is 3.69. The second-order valence-electron chi connectivity index (χ2n) is 9.59. The molecular formula is C26H39N9O6S. The topological polar surface area (TPSA) is 274 Å². The van der Waals surface area contributed by atoms with Crippen molar-refractivity contribution in [2.75, 3.05) is 18.6 Å². The number of amides is 4. The lowest BCUT2D eigenvalue weighted by Gasteiger charge is -2.24. The first-order valence-electron chi connectivity index (χ1n) is 13.2. The lowest BCUT2D eigenvalue weighted by atomic mass is 10.0. The van der Waals surface area contributed by atoms with E-state index in [0.717, 1.165) is 10.9 Å². The molecule has 0 bridgehead atoms. The number of carbonyl (C=O) groups excluding carboxylic acids is 4. The highest BCUT2D eigenvalue weighted by Crippen LogP contribution is 2.19. The summed E-state index contributed by atoms with van der Waals surface area (Å²) in [5.41, 5.74) is 23.3. The van der Waals surface area contributed by atoms with E-state index in [4.69, 9.17) is 22.9 Å². The van der Waals surface area contributed by atoms with E-state index in [1.165, 1.54) is 11.8 Å². The number of rotatable bonds is 18. The summed E-state index contributed by atoms with van der Waals surface area (Å²) in [7, 11) is 0. The number of nitrogens with one attached hydrogen (secondary N) is 4. The fourth-order valence-electron chi connectivity index (χ4n) is 4.11. The largest absolute Gasteiger partial charge is 0.480 e. The number of hydrogen-bond donors (Lipinski definition) is 9. The molecule has 0 fully saturated rings. The zero-order valence-corrected chi connectivity index (χ0v) is 24.1. The first-order valence-corrected chi connectivity index (χ1v) is 14.6. The molecule has 0 aliphatic rings. The van der Waals surface area contributed by atoms with E-state index >= 15 is 0 Å². The third-order valence-electron chi connectivity index (χ3n) is 6.30. The molecule has 1 aromatic heterocycles. The van der Waals surface area contributed by atoms with Crippen molar-refractivity contribution in [3.05, 3.63) is 36.0 Å². The molecular weight excluding hydrogens is 566 g/mol.